The average Bonchev–Trinajstić information content (AvgIpc) is 3.26. The van der Waals surface area contributed by atoms with Crippen LogP contribution in [0, 0.1) is 11.8 Å². The second-order valence-corrected chi connectivity index (χ2v) is 16.2. The molecule has 13 nitrogen and oxygen atoms in total. The highest BCUT2D eigenvalue weighted by Crippen LogP contribution is 2.56. The Morgan fingerprint density at radius 3 is 2.76 bits per heavy atom. The van der Waals surface area contributed by atoms with Gasteiger partial charge in [-0.25, -0.2) is 4.79 Å². The van der Waals surface area contributed by atoms with Crippen LogP contribution in [0.3, 0.4) is 0 Å². The van der Waals surface area contributed by atoms with Crippen molar-refractivity contribution >= 4 is 16.9 Å². The van der Waals surface area contributed by atoms with Crippen LogP contribution < -0.4 is 37.6 Å². The minimum absolute atomic E-state index is 0.0308. The first kappa shape index (κ1) is 39.3. The summed E-state index contributed by atoms with van der Waals surface area (Å²) in [6.07, 6.45) is 11.3. The number of hydrogen-bond acceptors (Lipinski definition) is 13. The number of aliphatic hydroxyl groups is 1. The molecule has 1 unspecified atom stereocenters. The first-order chi connectivity index (χ1) is 27.9. The molecule has 0 fully saturated rings. The highest BCUT2D eigenvalue weighted by Gasteiger charge is 2.53. The lowest BCUT2D eigenvalue weighted by Crippen LogP contribution is -2.57. The van der Waals surface area contributed by atoms with Crippen molar-refractivity contribution in [3.05, 3.63) is 121 Å². The molecule has 0 radical (unpaired) electrons. The highest BCUT2D eigenvalue weighted by molar-refractivity contribution is 5.92. The fourth-order valence-electron chi connectivity index (χ4n) is 9.69. The van der Waals surface area contributed by atoms with Gasteiger partial charge in [-0.05, 0) is 104 Å². The molecule has 306 valence electrons. The van der Waals surface area contributed by atoms with E-state index in [-0.39, 0.29) is 52.7 Å². The van der Waals surface area contributed by atoms with Gasteiger partial charge in [0.05, 0.1) is 6.17 Å². The number of allylic oxidation sites excluding steroid dienone is 5. The Labute approximate surface area is 337 Å². The SMILES string of the molecule is C/C=C(/CNCC)C(=O)O[C@@H]1Cc2c3c(c4oc(CO)cc(=O)c4c2O)[C@H]2Cc4cc(O)ccc4CC[C@H](C[C@H](CC4=CNC(N)C=C4)[C@]1(C)O3)C1=C(N)NCC=C12. The number of likely N-dealkylation sites (N-methyl/N-ethyl adjacent to an activating group) is 1. The third-order valence-corrected chi connectivity index (χ3v) is 12.8. The fraction of sp³-hybridized carbons (Fsp3) is 0.422. The third-order valence-electron chi connectivity index (χ3n) is 12.8. The molecule has 0 saturated carbocycles. The van der Waals surface area contributed by atoms with Crippen molar-refractivity contribution in [3.63, 3.8) is 0 Å². The van der Waals surface area contributed by atoms with Gasteiger partial charge >= 0.3 is 5.97 Å². The number of fused-ring (bicyclic) bond motifs is 5. The lowest BCUT2D eigenvalue weighted by atomic mass is 9.67. The standard InChI is InChI=1S/C45H53N5O8/c1-4-24(21-48-5-2)44(55)57-35-19-33-40(54)39-34(53)18-30(22-51)56-42(39)38-32-17-27-16-29(52)10-9-25(27)7-8-26(37-31(32)12-13-49-43(37)47)15-28(45(35,3)58-41(33)38)14-23-6-11-36(46)50-20-23/h4,6,9-12,16,18,20,26,28,32,35-36,48-52,54H,5,7-8,13-15,17,19,21-22,46-47H2,1-3H3/b24-4-/t26-,28+,32+,35-,36?,45+/m1/s1. The summed E-state index contributed by atoms with van der Waals surface area (Å²) in [5.74, 6) is -0.786. The first-order valence-corrected chi connectivity index (χ1v) is 20.3. The van der Waals surface area contributed by atoms with E-state index in [1.54, 1.807) is 25.1 Å². The maximum atomic E-state index is 14.1. The number of nitrogens with two attached hydrogens (primary N) is 2. The summed E-state index contributed by atoms with van der Waals surface area (Å²) in [5.41, 5.74) is 17.7. The number of benzene rings is 2. The van der Waals surface area contributed by atoms with E-state index in [4.69, 9.17) is 25.4 Å². The number of esters is 1. The number of ether oxygens (including phenoxy) is 2. The zero-order chi connectivity index (χ0) is 40.9. The van der Waals surface area contributed by atoms with Crippen molar-refractivity contribution in [2.24, 2.45) is 23.3 Å². The maximum absolute atomic E-state index is 14.1. The number of aliphatic hydroxyl groups excluding tert-OH is 1. The van der Waals surface area contributed by atoms with Crippen molar-refractivity contribution in [1.29, 1.82) is 0 Å². The van der Waals surface area contributed by atoms with Crippen molar-refractivity contribution in [2.75, 3.05) is 19.6 Å². The summed E-state index contributed by atoms with van der Waals surface area (Å²) >= 11 is 0. The molecule has 5 aliphatic rings. The predicted molar refractivity (Wildman–Crippen MR) is 220 cm³/mol. The Kier molecular flexibility index (Phi) is 10.6. The molecule has 0 amide bonds. The van der Waals surface area contributed by atoms with Crippen LogP contribution in [0.1, 0.15) is 74.0 Å². The van der Waals surface area contributed by atoms with Gasteiger partial charge in [-0.1, -0.05) is 31.2 Å². The van der Waals surface area contributed by atoms with E-state index in [0.717, 1.165) is 27.8 Å². The Balaban J connectivity index is 1.45. The number of hydrogen-bond donors (Lipinski definition) is 8. The Morgan fingerprint density at radius 2 is 2.02 bits per heavy atom. The number of carbonyl (C=O) groups excluding carboxylic acids is 1. The molecule has 5 heterocycles. The Morgan fingerprint density at radius 1 is 1.19 bits per heavy atom. The minimum Gasteiger partial charge on any atom is -0.508 e. The normalized spacial score (nSPS) is 26.4. The van der Waals surface area contributed by atoms with Crippen LogP contribution in [-0.2, 0) is 35.4 Å². The average molecular weight is 792 g/mol. The molecule has 4 bridgehead atoms. The zero-order valence-corrected chi connectivity index (χ0v) is 33.2. The van der Waals surface area contributed by atoms with E-state index in [0.29, 0.717) is 80.0 Å². The van der Waals surface area contributed by atoms with Gasteiger partial charge in [0.1, 0.15) is 58.1 Å². The van der Waals surface area contributed by atoms with Crippen LogP contribution in [-0.4, -0.2) is 58.8 Å². The van der Waals surface area contributed by atoms with E-state index in [1.807, 2.05) is 38.3 Å². The summed E-state index contributed by atoms with van der Waals surface area (Å²) in [7, 11) is 0. The molecular weight excluding hydrogens is 739 g/mol. The highest BCUT2D eigenvalue weighted by atomic mass is 16.6. The van der Waals surface area contributed by atoms with Crippen molar-refractivity contribution in [1.82, 2.24) is 16.0 Å². The van der Waals surface area contributed by atoms with Gasteiger partial charge < -0.3 is 56.6 Å². The van der Waals surface area contributed by atoms with E-state index >= 15 is 0 Å². The lowest BCUT2D eigenvalue weighted by Gasteiger charge is -2.49. The maximum Gasteiger partial charge on any atom is 0.335 e. The van der Waals surface area contributed by atoms with E-state index in [9.17, 15) is 24.9 Å². The molecule has 0 saturated heterocycles. The predicted octanol–water partition coefficient (Wildman–Crippen LogP) is 4.18. The van der Waals surface area contributed by atoms with Gasteiger partial charge in [-0.2, -0.15) is 0 Å². The third kappa shape index (κ3) is 6.94. The van der Waals surface area contributed by atoms with E-state index < -0.39 is 35.6 Å². The molecular formula is C45H53N5O8. The van der Waals surface area contributed by atoms with Gasteiger partial charge in [-0.3, -0.25) is 4.79 Å². The lowest BCUT2D eigenvalue weighted by molar-refractivity contribution is -0.165. The molecule has 8 rings (SSSR count). The number of aryl methyl sites for hydroxylation is 1. The van der Waals surface area contributed by atoms with Gasteiger partial charge in [0.15, 0.2) is 5.43 Å². The van der Waals surface area contributed by atoms with Gasteiger partial charge in [0, 0.05) is 60.3 Å². The van der Waals surface area contributed by atoms with E-state index in [1.165, 1.54) is 6.07 Å². The molecule has 10 N–H and O–H groups in total. The van der Waals surface area contributed by atoms with Crippen molar-refractivity contribution in [3.8, 4) is 17.2 Å². The molecule has 2 aromatic carbocycles. The first-order valence-electron chi connectivity index (χ1n) is 20.3. The van der Waals surface area contributed by atoms with Crippen molar-refractivity contribution < 1.29 is 34.0 Å². The van der Waals surface area contributed by atoms with Crippen LogP contribution in [0.25, 0.3) is 11.0 Å². The van der Waals surface area contributed by atoms with E-state index in [2.05, 4.69) is 22.0 Å². The van der Waals surface area contributed by atoms with Crippen LogP contribution in [0.5, 0.6) is 17.2 Å². The topological polar surface area (TPSA) is 215 Å². The number of aromatic hydroxyl groups is 2. The largest absolute Gasteiger partial charge is 0.508 e. The second-order valence-electron chi connectivity index (χ2n) is 16.2. The summed E-state index contributed by atoms with van der Waals surface area (Å²) in [6.45, 7) is 6.61. The summed E-state index contributed by atoms with van der Waals surface area (Å²) < 4.78 is 20.4. The fourth-order valence-corrected chi connectivity index (χ4v) is 9.69. The summed E-state index contributed by atoms with van der Waals surface area (Å²) in [4.78, 5) is 28.2. The number of carbonyl (C=O) groups is 1. The van der Waals surface area contributed by atoms with Gasteiger partial charge in [-0.15, -0.1) is 0 Å². The smallest absolute Gasteiger partial charge is 0.335 e. The summed E-state index contributed by atoms with van der Waals surface area (Å²) in [5, 5.41) is 43.2. The minimum atomic E-state index is -1.21. The van der Waals surface area contributed by atoms with Gasteiger partial charge in [0.2, 0.25) is 0 Å². The molecule has 3 aromatic rings. The van der Waals surface area contributed by atoms with Crippen LogP contribution in [0.15, 0.2) is 92.1 Å². The van der Waals surface area contributed by atoms with Crippen LogP contribution >= 0.6 is 0 Å². The number of rotatable bonds is 8. The van der Waals surface area contributed by atoms with Crippen LogP contribution in [0.2, 0.25) is 0 Å². The molecule has 1 aliphatic carbocycles. The number of phenols is 2. The molecule has 58 heavy (non-hydrogen) atoms. The monoisotopic (exact) mass is 791 g/mol. The summed E-state index contributed by atoms with van der Waals surface area (Å²) in [6, 6.07) is 6.65. The Hall–Kier alpha value is -5.50. The second kappa shape index (κ2) is 15.7. The van der Waals surface area contributed by atoms with Gasteiger partial charge in [0.25, 0.3) is 0 Å². The Bertz CT molecular complexity index is 2380. The number of dihydropyridines is 2. The van der Waals surface area contributed by atoms with Crippen molar-refractivity contribution in [2.45, 2.75) is 89.7 Å². The quantitative estimate of drug-likeness (QED) is 0.119. The number of nitrogens with one attached hydrogen (secondary N) is 3. The molecule has 6 atom stereocenters. The molecule has 0 spiro atoms. The molecule has 4 aliphatic heterocycles. The molecule has 13 heteroatoms. The van der Waals surface area contributed by atoms with Crippen LogP contribution in [0.4, 0.5) is 0 Å². The number of phenolic OH excluding ortho intramolecular Hbond substituents is 2. The molecule has 1 aromatic heterocycles. The zero-order valence-electron chi connectivity index (χ0n) is 33.2.